The molecule has 0 radical (unpaired) electrons. The minimum atomic E-state index is 0.528. The topological polar surface area (TPSA) is 41.4 Å². The average Bonchev–Trinajstić information content (AvgIpc) is 2.75. The lowest BCUT2D eigenvalue weighted by molar-refractivity contribution is 0.750. The van der Waals surface area contributed by atoms with Gasteiger partial charge in [0, 0.05) is 31.4 Å². The van der Waals surface area contributed by atoms with E-state index in [1.807, 2.05) is 41.9 Å². The highest BCUT2D eigenvalue weighted by Gasteiger charge is 2.09. The van der Waals surface area contributed by atoms with Crippen LogP contribution in [-0.4, -0.2) is 17.6 Å². The minimum Gasteiger partial charge on any atom is -0.352 e. The Morgan fingerprint density at radius 3 is 2.45 bits per heavy atom. The molecule has 0 amide bonds. The van der Waals surface area contributed by atoms with Crippen LogP contribution in [0.5, 0.6) is 0 Å². The summed E-state index contributed by atoms with van der Waals surface area (Å²) < 4.78 is 1.83. The van der Waals surface area contributed by atoms with E-state index in [0.717, 1.165) is 16.3 Å². The number of nitrogens with zero attached hydrogens (tertiary/aromatic N) is 2. The number of guanidine groups is 1. The molecular weight excluding hydrogens is 343 g/mol. The molecule has 2 aromatic rings. The van der Waals surface area contributed by atoms with Crippen molar-refractivity contribution in [3.8, 4) is 0 Å². The zero-order valence-electron chi connectivity index (χ0n) is 12.3. The second-order valence-electron chi connectivity index (χ2n) is 4.74. The molecule has 0 aliphatic carbocycles. The van der Waals surface area contributed by atoms with Crippen molar-refractivity contribution in [2.75, 3.05) is 7.05 Å². The molecule has 1 heterocycles. The number of aliphatic imine (C=N–C) groups is 1. The SMILES string of the molecule is CN=C(NCc1cccc(Cl)c1)NCc1cc(Cl)c(Cl)n1C. The Morgan fingerprint density at radius 1 is 1.14 bits per heavy atom. The van der Waals surface area contributed by atoms with Crippen molar-refractivity contribution < 1.29 is 0 Å². The molecule has 2 rings (SSSR count). The third kappa shape index (κ3) is 4.32. The van der Waals surface area contributed by atoms with E-state index in [1.54, 1.807) is 7.05 Å². The predicted molar refractivity (Wildman–Crippen MR) is 93.9 cm³/mol. The quantitative estimate of drug-likeness (QED) is 0.643. The molecule has 0 bridgehead atoms. The van der Waals surface area contributed by atoms with E-state index in [-0.39, 0.29) is 0 Å². The molecule has 0 saturated heterocycles. The first-order valence-electron chi connectivity index (χ1n) is 6.70. The predicted octanol–water partition coefficient (Wildman–Crippen LogP) is 3.85. The molecule has 1 aromatic heterocycles. The van der Waals surface area contributed by atoms with Crippen molar-refractivity contribution >= 4 is 40.8 Å². The molecule has 0 saturated carbocycles. The van der Waals surface area contributed by atoms with Crippen molar-refractivity contribution in [3.05, 3.63) is 56.8 Å². The van der Waals surface area contributed by atoms with Gasteiger partial charge in [-0.25, -0.2) is 0 Å². The highest BCUT2D eigenvalue weighted by Crippen LogP contribution is 2.24. The lowest BCUT2D eigenvalue weighted by Gasteiger charge is -2.12. The van der Waals surface area contributed by atoms with Crippen LogP contribution in [0.2, 0.25) is 15.2 Å². The molecule has 7 heteroatoms. The zero-order valence-corrected chi connectivity index (χ0v) is 14.6. The van der Waals surface area contributed by atoms with Gasteiger partial charge in [-0.2, -0.15) is 0 Å². The summed E-state index contributed by atoms with van der Waals surface area (Å²) in [6.45, 7) is 1.20. The summed E-state index contributed by atoms with van der Waals surface area (Å²) in [5.41, 5.74) is 2.06. The molecule has 22 heavy (non-hydrogen) atoms. The number of halogens is 3. The van der Waals surface area contributed by atoms with Gasteiger partial charge in [0.1, 0.15) is 5.15 Å². The van der Waals surface area contributed by atoms with Gasteiger partial charge in [-0.15, -0.1) is 0 Å². The molecule has 0 atom stereocenters. The summed E-state index contributed by atoms with van der Waals surface area (Å²) in [5.74, 6) is 0.688. The highest BCUT2D eigenvalue weighted by molar-refractivity contribution is 6.41. The van der Waals surface area contributed by atoms with Gasteiger partial charge < -0.3 is 15.2 Å². The van der Waals surface area contributed by atoms with Gasteiger partial charge in [-0.3, -0.25) is 4.99 Å². The Balaban J connectivity index is 1.91. The van der Waals surface area contributed by atoms with Gasteiger partial charge in [-0.05, 0) is 23.8 Å². The summed E-state index contributed by atoms with van der Waals surface area (Å²) in [4.78, 5) is 4.19. The van der Waals surface area contributed by atoms with Gasteiger partial charge in [-0.1, -0.05) is 46.9 Å². The van der Waals surface area contributed by atoms with Gasteiger partial charge in [0.05, 0.1) is 11.6 Å². The van der Waals surface area contributed by atoms with E-state index in [0.29, 0.717) is 29.2 Å². The summed E-state index contributed by atoms with van der Waals surface area (Å²) in [5, 5.41) is 8.24. The second kappa shape index (κ2) is 7.77. The van der Waals surface area contributed by atoms with Crippen LogP contribution in [0, 0.1) is 0 Å². The smallest absolute Gasteiger partial charge is 0.191 e. The maximum absolute atomic E-state index is 6.05. The summed E-state index contributed by atoms with van der Waals surface area (Å²) in [7, 11) is 3.59. The maximum Gasteiger partial charge on any atom is 0.191 e. The van der Waals surface area contributed by atoms with Crippen LogP contribution in [0.15, 0.2) is 35.3 Å². The number of hydrogen-bond donors (Lipinski definition) is 2. The molecule has 0 unspecified atom stereocenters. The van der Waals surface area contributed by atoms with Gasteiger partial charge >= 0.3 is 0 Å². The third-order valence-corrected chi connectivity index (χ3v) is 4.30. The summed E-state index contributed by atoms with van der Waals surface area (Å²) in [6, 6.07) is 9.52. The van der Waals surface area contributed by atoms with E-state index in [2.05, 4.69) is 15.6 Å². The fraction of sp³-hybridized carbons (Fsp3) is 0.267. The summed E-state index contributed by atoms with van der Waals surface area (Å²) in [6.07, 6.45) is 0. The fourth-order valence-electron chi connectivity index (χ4n) is 1.99. The highest BCUT2D eigenvalue weighted by atomic mass is 35.5. The van der Waals surface area contributed by atoms with Crippen LogP contribution in [0.4, 0.5) is 0 Å². The number of nitrogens with one attached hydrogen (secondary N) is 2. The number of hydrogen-bond acceptors (Lipinski definition) is 1. The van der Waals surface area contributed by atoms with E-state index < -0.39 is 0 Å². The Hall–Kier alpha value is -1.36. The Labute approximate surface area is 145 Å². The monoisotopic (exact) mass is 358 g/mol. The molecule has 2 N–H and O–H groups in total. The fourth-order valence-corrected chi connectivity index (χ4v) is 2.61. The lowest BCUT2D eigenvalue weighted by atomic mass is 10.2. The van der Waals surface area contributed by atoms with Gasteiger partial charge in [0.15, 0.2) is 5.96 Å². The first kappa shape index (κ1) is 17.0. The number of aromatic nitrogens is 1. The van der Waals surface area contributed by atoms with Crippen molar-refractivity contribution in [1.82, 2.24) is 15.2 Å². The standard InChI is InChI=1S/C15H17Cl3N4/c1-19-15(20-8-10-4-3-5-11(16)6-10)21-9-12-7-13(17)14(18)22(12)2/h3-7H,8-9H2,1-2H3,(H2,19,20,21). The van der Waals surface area contributed by atoms with Crippen LogP contribution in [-0.2, 0) is 20.1 Å². The first-order valence-corrected chi connectivity index (χ1v) is 7.83. The normalized spacial score (nSPS) is 11.6. The minimum absolute atomic E-state index is 0.528. The average molecular weight is 360 g/mol. The second-order valence-corrected chi connectivity index (χ2v) is 5.94. The van der Waals surface area contributed by atoms with Crippen LogP contribution in [0.3, 0.4) is 0 Å². The van der Waals surface area contributed by atoms with Crippen LogP contribution in [0.1, 0.15) is 11.3 Å². The zero-order chi connectivity index (χ0) is 16.1. The van der Waals surface area contributed by atoms with Crippen molar-refractivity contribution in [2.45, 2.75) is 13.1 Å². The van der Waals surface area contributed by atoms with Gasteiger partial charge in [0.2, 0.25) is 0 Å². The third-order valence-electron chi connectivity index (χ3n) is 3.23. The first-order chi connectivity index (χ1) is 10.5. The molecule has 0 aliphatic rings. The van der Waals surface area contributed by atoms with E-state index in [1.165, 1.54) is 0 Å². The molecule has 0 aliphatic heterocycles. The molecule has 1 aromatic carbocycles. The van der Waals surface area contributed by atoms with Crippen LogP contribution in [0.25, 0.3) is 0 Å². The Morgan fingerprint density at radius 2 is 1.86 bits per heavy atom. The van der Waals surface area contributed by atoms with E-state index >= 15 is 0 Å². The van der Waals surface area contributed by atoms with Crippen LogP contribution < -0.4 is 10.6 Å². The largest absolute Gasteiger partial charge is 0.352 e. The Kier molecular flexibility index (Phi) is 6.00. The van der Waals surface area contributed by atoms with Crippen molar-refractivity contribution in [2.24, 2.45) is 12.0 Å². The Bertz CT molecular complexity index is 679. The number of rotatable bonds is 4. The van der Waals surface area contributed by atoms with Crippen molar-refractivity contribution in [1.29, 1.82) is 0 Å². The van der Waals surface area contributed by atoms with Crippen molar-refractivity contribution in [3.63, 3.8) is 0 Å². The van der Waals surface area contributed by atoms with E-state index in [9.17, 15) is 0 Å². The molecule has 118 valence electrons. The lowest BCUT2D eigenvalue weighted by Crippen LogP contribution is -2.36. The maximum atomic E-state index is 6.05. The van der Waals surface area contributed by atoms with Crippen LogP contribution >= 0.6 is 34.8 Å². The molecule has 0 spiro atoms. The summed E-state index contributed by atoms with van der Waals surface area (Å²) >= 11 is 18.0. The molecular formula is C15H17Cl3N4. The van der Waals surface area contributed by atoms with E-state index in [4.69, 9.17) is 34.8 Å². The molecule has 0 fully saturated rings. The molecule has 4 nitrogen and oxygen atoms in total. The number of benzene rings is 1. The van der Waals surface area contributed by atoms with Gasteiger partial charge in [0.25, 0.3) is 0 Å².